The van der Waals surface area contributed by atoms with E-state index >= 15 is 0 Å². The highest BCUT2D eigenvalue weighted by Crippen LogP contribution is 2.42. The van der Waals surface area contributed by atoms with Crippen molar-refractivity contribution in [1.29, 1.82) is 0 Å². The fourth-order valence-electron chi connectivity index (χ4n) is 2.77. The van der Waals surface area contributed by atoms with Crippen LogP contribution in [0.3, 0.4) is 0 Å². The van der Waals surface area contributed by atoms with Gasteiger partial charge in [-0.05, 0) is 23.8 Å². The minimum absolute atomic E-state index is 0.0720. The molecule has 4 rings (SSSR count). The quantitative estimate of drug-likeness (QED) is 0.622. The summed E-state index contributed by atoms with van der Waals surface area (Å²) in [4.78, 5) is 24.8. The van der Waals surface area contributed by atoms with Crippen molar-refractivity contribution in [2.45, 2.75) is 6.04 Å². The minimum atomic E-state index is -0.231. The molecule has 2 aliphatic rings. The van der Waals surface area contributed by atoms with Gasteiger partial charge in [0.15, 0.2) is 0 Å². The van der Waals surface area contributed by atoms with Crippen molar-refractivity contribution >= 4 is 27.7 Å². The molecule has 104 valence electrons. The van der Waals surface area contributed by atoms with Gasteiger partial charge in [-0.1, -0.05) is 46.3 Å². The normalized spacial score (nSPS) is 23.4. The van der Waals surface area contributed by atoms with Crippen LogP contribution in [0.4, 0.5) is 0 Å². The third-order valence-corrected chi connectivity index (χ3v) is 4.60. The van der Waals surface area contributed by atoms with Gasteiger partial charge in [0, 0.05) is 11.0 Å². The fraction of sp³-hybridized carbons (Fsp3) is 0.125. The van der Waals surface area contributed by atoms with Crippen LogP contribution in [-0.4, -0.2) is 28.4 Å². The van der Waals surface area contributed by atoms with E-state index in [1.54, 1.807) is 24.3 Å². The molecule has 0 N–H and O–H groups in total. The third-order valence-electron chi connectivity index (χ3n) is 3.88. The minimum Gasteiger partial charge on any atom is -0.267 e. The van der Waals surface area contributed by atoms with Gasteiger partial charge >= 0.3 is 0 Å². The van der Waals surface area contributed by atoms with E-state index in [1.807, 2.05) is 29.3 Å². The zero-order valence-corrected chi connectivity index (χ0v) is 12.6. The average Bonchev–Trinajstić information content (AvgIpc) is 3.23. The number of nitrogens with zero attached hydrogens (tertiary/aromatic N) is 2. The van der Waals surface area contributed by atoms with Crippen LogP contribution in [0.25, 0.3) is 0 Å². The van der Waals surface area contributed by atoms with Gasteiger partial charge in [-0.15, -0.1) is 0 Å². The van der Waals surface area contributed by atoms with E-state index in [0.717, 1.165) is 10.0 Å². The molecule has 1 fully saturated rings. The molecule has 21 heavy (non-hydrogen) atoms. The summed E-state index contributed by atoms with van der Waals surface area (Å²) in [6.45, 7) is 0.675. The first-order valence-electron chi connectivity index (χ1n) is 6.67. The molecule has 0 aliphatic carbocycles. The van der Waals surface area contributed by atoms with Crippen molar-refractivity contribution < 1.29 is 9.59 Å². The van der Waals surface area contributed by atoms with Crippen molar-refractivity contribution in [3.63, 3.8) is 0 Å². The molecular formula is C16H11BrN2O2. The van der Waals surface area contributed by atoms with Crippen LogP contribution in [0, 0.1) is 0 Å². The van der Waals surface area contributed by atoms with Crippen molar-refractivity contribution in [1.82, 2.24) is 10.0 Å². The number of amides is 2. The van der Waals surface area contributed by atoms with E-state index in [2.05, 4.69) is 15.9 Å². The Bertz CT molecular complexity index is 739. The van der Waals surface area contributed by atoms with E-state index in [-0.39, 0.29) is 17.9 Å². The topological polar surface area (TPSA) is 40.4 Å². The molecule has 2 heterocycles. The van der Waals surface area contributed by atoms with E-state index < -0.39 is 0 Å². The van der Waals surface area contributed by atoms with Crippen molar-refractivity contribution in [2.24, 2.45) is 0 Å². The Balaban J connectivity index is 1.65. The van der Waals surface area contributed by atoms with Gasteiger partial charge in [-0.2, -0.15) is 5.01 Å². The van der Waals surface area contributed by atoms with Crippen molar-refractivity contribution in [2.75, 3.05) is 6.54 Å². The van der Waals surface area contributed by atoms with Crippen molar-refractivity contribution in [3.8, 4) is 0 Å². The summed E-state index contributed by atoms with van der Waals surface area (Å²) >= 11 is 3.52. The number of rotatable bonds is 2. The molecule has 0 spiro atoms. The van der Waals surface area contributed by atoms with E-state index in [9.17, 15) is 9.59 Å². The Morgan fingerprint density at radius 2 is 1.48 bits per heavy atom. The molecule has 0 saturated carbocycles. The van der Waals surface area contributed by atoms with Gasteiger partial charge in [-0.3, -0.25) is 9.59 Å². The first kappa shape index (κ1) is 12.7. The van der Waals surface area contributed by atoms with Crippen LogP contribution in [0.15, 0.2) is 53.0 Å². The lowest BCUT2D eigenvalue weighted by atomic mass is 10.1. The predicted octanol–water partition coefficient (Wildman–Crippen LogP) is 3.02. The van der Waals surface area contributed by atoms with Crippen molar-refractivity contribution in [3.05, 3.63) is 69.7 Å². The lowest BCUT2D eigenvalue weighted by molar-refractivity contribution is 0.0370. The number of imide groups is 1. The molecule has 2 atom stereocenters. The standard InChI is InChI=1S/C16H11BrN2O2/c17-13-8-4-3-7-12(13)14-9-18(14)19-15(20)10-5-1-2-6-11(10)16(19)21/h1-8,14H,9H2. The zero-order chi connectivity index (χ0) is 14.6. The van der Waals surface area contributed by atoms with Crippen LogP contribution in [0.2, 0.25) is 0 Å². The van der Waals surface area contributed by atoms with Gasteiger partial charge in [0.25, 0.3) is 11.8 Å². The highest BCUT2D eigenvalue weighted by atomic mass is 79.9. The molecule has 0 radical (unpaired) electrons. The molecule has 2 amide bonds. The first-order chi connectivity index (χ1) is 10.2. The Morgan fingerprint density at radius 1 is 0.905 bits per heavy atom. The summed E-state index contributed by atoms with van der Waals surface area (Å²) in [7, 11) is 0. The Hall–Kier alpha value is -1.98. The van der Waals surface area contributed by atoms with E-state index in [4.69, 9.17) is 0 Å². The maximum absolute atomic E-state index is 12.4. The molecule has 4 nitrogen and oxygen atoms in total. The fourth-order valence-corrected chi connectivity index (χ4v) is 3.31. The summed E-state index contributed by atoms with van der Waals surface area (Å²) < 4.78 is 0.995. The SMILES string of the molecule is O=C1c2ccccc2C(=O)N1N1CC1c1ccccc1Br. The number of fused-ring (bicyclic) bond motifs is 1. The molecule has 2 aliphatic heterocycles. The molecule has 1 saturated heterocycles. The van der Waals surface area contributed by atoms with Crippen LogP contribution in [0.1, 0.15) is 32.3 Å². The van der Waals surface area contributed by atoms with Crippen LogP contribution < -0.4 is 0 Å². The van der Waals surface area contributed by atoms with E-state index in [1.165, 1.54) is 5.01 Å². The number of benzene rings is 2. The smallest absolute Gasteiger partial charge is 0.267 e. The maximum Gasteiger partial charge on any atom is 0.276 e. The number of halogens is 1. The second-order valence-electron chi connectivity index (χ2n) is 5.13. The summed E-state index contributed by atoms with van der Waals surface area (Å²) in [5.41, 5.74) is 2.06. The van der Waals surface area contributed by atoms with Gasteiger partial charge < -0.3 is 0 Å². The monoisotopic (exact) mass is 342 g/mol. The first-order valence-corrected chi connectivity index (χ1v) is 7.46. The maximum atomic E-state index is 12.4. The Kier molecular flexibility index (Phi) is 2.74. The Morgan fingerprint density at radius 3 is 2.10 bits per heavy atom. The summed E-state index contributed by atoms with van der Waals surface area (Å²) in [5, 5.41) is 3.08. The lowest BCUT2D eigenvalue weighted by Gasteiger charge is -2.16. The number of carbonyl (C=O) groups is 2. The molecule has 2 aromatic carbocycles. The number of carbonyl (C=O) groups excluding carboxylic acids is 2. The molecular weight excluding hydrogens is 332 g/mol. The second-order valence-corrected chi connectivity index (χ2v) is 5.98. The highest BCUT2D eigenvalue weighted by Gasteiger charge is 2.49. The lowest BCUT2D eigenvalue weighted by Crippen LogP contribution is -2.35. The molecule has 0 bridgehead atoms. The summed E-state index contributed by atoms with van der Waals surface area (Å²) in [6.07, 6.45) is 0. The predicted molar refractivity (Wildman–Crippen MR) is 80.5 cm³/mol. The largest absolute Gasteiger partial charge is 0.276 e. The average molecular weight is 343 g/mol. The van der Waals surface area contributed by atoms with Crippen LogP contribution >= 0.6 is 15.9 Å². The zero-order valence-electron chi connectivity index (χ0n) is 11.0. The van der Waals surface area contributed by atoms with Crippen LogP contribution in [-0.2, 0) is 0 Å². The second kappa shape index (κ2) is 4.51. The van der Waals surface area contributed by atoms with Gasteiger partial charge in [0.1, 0.15) is 0 Å². The molecule has 2 unspecified atom stereocenters. The van der Waals surface area contributed by atoms with Gasteiger partial charge in [0.2, 0.25) is 0 Å². The number of hydrogen-bond acceptors (Lipinski definition) is 3. The number of hydrazine groups is 1. The highest BCUT2D eigenvalue weighted by molar-refractivity contribution is 9.10. The Labute approximate surface area is 130 Å². The summed E-state index contributed by atoms with van der Waals surface area (Å²) in [6, 6.07) is 14.9. The van der Waals surface area contributed by atoms with Crippen LogP contribution in [0.5, 0.6) is 0 Å². The molecule has 2 aromatic rings. The summed E-state index contributed by atoms with van der Waals surface area (Å²) in [5.74, 6) is -0.463. The number of hydrogen-bond donors (Lipinski definition) is 0. The van der Waals surface area contributed by atoms with Gasteiger partial charge in [0.05, 0.1) is 17.2 Å². The molecule has 5 heteroatoms. The third kappa shape index (κ3) is 1.85. The van der Waals surface area contributed by atoms with E-state index in [0.29, 0.717) is 17.7 Å². The van der Waals surface area contributed by atoms with Gasteiger partial charge in [-0.25, -0.2) is 5.01 Å². The molecule has 0 aromatic heterocycles.